The zero-order chi connectivity index (χ0) is 21.1. The van der Waals surface area contributed by atoms with Gasteiger partial charge in [-0.2, -0.15) is 0 Å². The van der Waals surface area contributed by atoms with Crippen molar-refractivity contribution < 1.29 is 9.59 Å². The summed E-state index contributed by atoms with van der Waals surface area (Å²) >= 11 is 3.73. The Hall–Kier alpha value is -2.30. The highest BCUT2D eigenvalue weighted by Gasteiger charge is 2.20. The normalized spacial score (nSPS) is 13.5. The van der Waals surface area contributed by atoms with Crippen molar-refractivity contribution >= 4 is 50.9 Å². The molecule has 2 amide bonds. The second-order valence-corrected chi connectivity index (χ2v) is 9.51. The molecule has 1 aromatic heterocycles. The Labute approximate surface area is 192 Å². The molecule has 0 radical (unpaired) electrons. The van der Waals surface area contributed by atoms with E-state index in [0.29, 0.717) is 16.3 Å². The van der Waals surface area contributed by atoms with Gasteiger partial charge in [0.15, 0.2) is 5.13 Å². The fourth-order valence-corrected chi connectivity index (χ4v) is 4.76. The van der Waals surface area contributed by atoms with Gasteiger partial charge in [-0.3, -0.25) is 14.9 Å². The molecule has 1 aliphatic rings. The molecule has 2 aromatic carbocycles. The van der Waals surface area contributed by atoms with Crippen molar-refractivity contribution in [3.63, 3.8) is 0 Å². The van der Waals surface area contributed by atoms with Crippen molar-refractivity contribution in [1.82, 2.24) is 15.2 Å². The van der Waals surface area contributed by atoms with Gasteiger partial charge in [0, 0.05) is 45.6 Å². The molecule has 1 aliphatic heterocycles. The minimum Gasteiger partial charge on any atom is -0.348 e. The number of carbonyl (C=O) groups excluding carboxylic acids is 2. The summed E-state index contributed by atoms with van der Waals surface area (Å²) in [6.45, 7) is 2.12. The number of fused-ring (bicyclic) bond motifs is 1. The SMILES string of the molecule is CN1CCc2nc(NC(=O)c3ccccc3CNC(=O)c3ccc(I)cc3)sc2C1. The monoisotopic (exact) mass is 532 g/mol. The van der Waals surface area contributed by atoms with Crippen LogP contribution in [0.15, 0.2) is 48.5 Å². The topological polar surface area (TPSA) is 74.3 Å². The lowest BCUT2D eigenvalue weighted by atomic mass is 10.1. The number of halogens is 1. The molecule has 0 atom stereocenters. The molecule has 0 saturated carbocycles. The fourth-order valence-electron chi connectivity index (χ4n) is 3.32. The highest BCUT2D eigenvalue weighted by atomic mass is 127. The predicted molar refractivity (Wildman–Crippen MR) is 127 cm³/mol. The minimum atomic E-state index is -0.214. The zero-order valence-corrected chi connectivity index (χ0v) is 19.4. The molecule has 0 saturated heterocycles. The average Bonchev–Trinajstić information content (AvgIpc) is 3.14. The van der Waals surface area contributed by atoms with E-state index in [9.17, 15) is 9.59 Å². The van der Waals surface area contributed by atoms with Crippen LogP contribution in [0.5, 0.6) is 0 Å². The van der Waals surface area contributed by atoms with Gasteiger partial charge in [-0.05, 0) is 65.5 Å². The zero-order valence-electron chi connectivity index (χ0n) is 16.4. The third kappa shape index (κ3) is 4.88. The van der Waals surface area contributed by atoms with Gasteiger partial charge in [-0.25, -0.2) is 4.98 Å². The molecule has 4 rings (SSSR count). The smallest absolute Gasteiger partial charge is 0.257 e. The maximum Gasteiger partial charge on any atom is 0.257 e. The highest BCUT2D eigenvalue weighted by Crippen LogP contribution is 2.28. The Balaban J connectivity index is 1.44. The molecule has 0 fully saturated rings. The summed E-state index contributed by atoms with van der Waals surface area (Å²) < 4.78 is 1.07. The first-order valence-corrected chi connectivity index (χ1v) is 11.5. The van der Waals surface area contributed by atoms with Crippen LogP contribution in [0.3, 0.4) is 0 Å². The lowest BCUT2D eigenvalue weighted by Gasteiger charge is -2.20. The van der Waals surface area contributed by atoms with Gasteiger partial charge in [-0.1, -0.05) is 18.2 Å². The van der Waals surface area contributed by atoms with Gasteiger partial charge in [0.2, 0.25) is 0 Å². The van der Waals surface area contributed by atoms with Crippen LogP contribution in [0.25, 0.3) is 0 Å². The van der Waals surface area contributed by atoms with Gasteiger partial charge >= 0.3 is 0 Å². The highest BCUT2D eigenvalue weighted by molar-refractivity contribution is 14.1. The Kier molecular flexibility index (Phi) is 6.45. The molecule has 0 unspecified atom stereocenters. The molecule has 2 N–H and O–H groups in total. The van der Waals surface area contributed by atoms with Crippen molar-refractivity contribution in [3.8, 4) is 0 Å². The van der Waals surface area contributed by atoms with Crippen molar-refractivity contribution in [2.24, 2.45) is 0 Å². The molecule has 2 heterocycles. The van der Waals surface area contributed by atoms with Gasteiger partial charge in [0.05, 0.1) is 5.69 Å². The van der Waals surface area contributed by atoms with Gasteiger partial charge < -0.3 is 10.2 Å². The number of anilines is 1. The first-order chi connectivity index (χ1) is 14.5. The molecule has 154 valence electrons. The van der Waals surface area contributed by atoms with E-state index in [1.807, 2.05) is 30.3 Å². The minimum absolute atomic E-state index is 0.168. The number of hydrogen-bond acceptors (Lipinski definition) is 5. The molecule has 6 nitrogen and oxygen atoms in total. The largest absolute Gasteiger partial charge is 0.348 e. The second-order valence-electron chi connectivity index (χ2n) is 7.18. The first-order valence-electron chi connectivity index (χ1n) is 9.60. The molecular formula is C22H21IN4O2S. The number of rotatable bonds is 5. The third-order valence-corrected chi connectivity index (χ3v) is 6.67. The molecular weight excluding hydrogens is 511 g/mol. The van der Waals surface area contributed by atoms with Crippen molar-refractivity contribution in [3.05, 3.63) is 79.4 Å². The Bertz CT molecular complexity index is 1080. The van der Waals surface area contributed by atoms with Crippen LogP contribution >= 0.6 is 33.9 Å². The number of amides is 2. The summed E-state index contributed by atoms with van der Waals surface area (Å²) in [5.74, 6) is -0.383. The van der Waals surface area contributed by atoms with E-state index in [1.54, 1.807) is 18.2 Å². The van der Waals surface area contributed by atoms with E-state index >= 15 is 0 Å². The molecule has 0 spiro atoms. The summed E-state index contributed by atoms with van der Waals surface area (Å²) in [5.41, 5.74) is 2.96. The lowest BCUT2D eigenvalue weighted by molar-refractivity contribution is 0.0947. The van der Waals surface area contributed by atoms with Crippen molar-refractivity contribution in [2.75, 3.05) is 18.9 Å². The van der Waals surface area contributed by atoms with Crippen LogP contribution in [-0.4, -0.2) is 35.3 Å². The van der Waals surface area contributed by atoms with E-state index in [-0.39, 0.29) is 18.4 Å². The van der Waals surface area contributed by atoms with Crippen molar-refractivity contribution in [2.45, 2.75) is 19.5 Å². The summed E-state index contributed by atoms with van der Waals surface area (Å²) in [4.78, 5) is 33.4. The fraction of sp³-hybridized carbons (Fsp3) is 0.227. The van der Waals surface area contributed by atoms with Crippen LogP contribution in [0.1, 0.15) is 36.9 Å². The van der Waals surface area contributed by atoms with Gasteiger partial charge in [0.1, 0.15) is 0 Å². The number of nitrogens with one attached hydrogen (secondary N) is 2. The average molecular weight is 532 g/mol. The number of carbonyl (C=O) groups is 2. The van der Waals surface area contributed by atoms with Crippen LogP contribution in [0.2, 0.25) is 0 Å². The van der Waals surface area contributed by atoms with E-state index in [0.717, 1.165) is 34.3 Å². The van der Waals surface area contributed by atoms with E-state index in [4.69, 9.17) is 0 Å². The van der Waals surface area contributed by atoms with Crippen LogP contribution in [0.4, 0.5) is 5.13 Å². The number of hydrogen-bond donors (Lipinski definition) is 2. The lowest BCUT2D eigenvalue weighted by Crippen LogP contribution is -2.25. The van der Waals surface area contributed by atoms with Gasteiger partial charge in [0.25, 0.3) is 11.8 Å². The Morgan fingerprint density at radius 1 is 1.13 bits per heavy atom. The second kappa shape index (κ2) is 9.23. The molecule has 30 heavy (non-hydrogen) atoms. The third-order valence-electron chi connectivity index (χ3n) is 4.95. The van der Waals surface area contributed by atoms with Crippen molar-refractivity contribution in [1.29, 1.82) is 0 Å². The van der Waals surface area contributed by atoms with Crippen LogP contribution < -0.4 is 10.6 Å². The van der Waals surface area contributed by atoms with E-state index in [1.165, 1.54) is 16.2 Å². The maximum atomic E-state index is 12.9. The molecule has 3 aromatic rings. The molecule has 8 heteroatoms. The summed E-state index contributed by atoms with van der Waals surface area (Å²) in [5, 5.41) is 6.45. The van der Waals surface area contributed by atoms with E-state index in [2.05, 4.69) is 50.2 Å². The number of aromatic nitrogens is 1. The molecule has 0 bridgehead atoms. The number of likely N-dealkylation sites (N-methyl/N-ethyl adjacent to an activating group) is 1. The van der Waals surface area contributed by atoms with Gasteiger partial charge in [-0.15, -0.1) is 11.3 Å². The molecule has 0 aliphatic carbocycles. The standard InChI is InChI=1S/C22H21IN4O2S/c1-27-11-10-18-19(13-27)30-22(25-18)26-21(29)17-5-3-2-4-15(17)12-24-20(28)14-6-8-16(23)9-7-14/h2-9H,10-13H2,1H3,(H,24,28)(H,25,26,29). The van der Waals surface area contributed by atoms with E-state index < -0.39 is 0 Å². The summed E-state index contributed by atoms with van der Waals surface area (Å²) in [6, 6.07) is 14.7. The first kappa shape index (κ1) is 21.0. The summed E-state index contributed by atoms with van der Waals surface area (Å²) in [7, 11) is 2.09. The number of nitrogens with zero attached hydrogens (tertiary/aromatic N) is 2. The van der Waals surface area contributed by atoms with Crippen LogP contribution in [0, 0.1) is 3.57 Å². The Morgan fingerprint density at radius 2 is 1.90 bits per heavy atom. The maximum absolute atomic E-state index is 12.9. The Morgan fingerprint density at radius 3 is 2.70 bits per heavy atom. The summed E-state index contributed by atoms with van der Waals surface area (Å²) in [6.07, 6.45) is 0.902. The quantitative estimate of drug-likeness (QED) is 0.489. The predicted octanol–water partition coefficient (Wildman–Crippen LogP) is 3.92. The van der Waals surface area contributed by atoms with Crippen LogP contribution in [-0.2, 0) is 19.5 Å². The number of thiazole rings is 1. The number of benzene rings is 2.